The van der Waals surface area contributed by atoms with Crippen molar-refractivity contribution >= 4 is 43.1 Å². The lowest BCUT2D eigenvalue weighted by Crippen LogP contribution is -1.91. The van der Waals surface area contributed by atoms with Gasteiger partial charge in [0.25, 0.3) is 0 Å². The van der Waals surface area contributed by atoms with Crippen molar-refractivity contribution in [3.8, 4) is 0 Å². The summed E-state index contributed by atoms with van der Waals surface area (Å²) in [6.07, 6.45) is 0.165. The molecule has 1 aliphatic heterocycles. The van der Waals surface area contributed by atoms with Gasteiger partial charge in [0.05, 0.1) is 0 Å². The SMILES string of the molecule is c1ccc2c(c1)cc([C@@H]1O[C@H]1c1cc3ccccc3c3ccccc13)c1ccccc12. The van der Waals surface area contributed by atoms with Gasteiger partial charge in [0.2, 0.25) is 0 Å². The van der Waals surface area contributed by atoms with Crippen LogP contribution < -0.4 is 0 Å². The summed E-state index contributed by atoms with van der Waals surface area (Å²) in [6.45, 7) is 0. The molecule has 0 N–H and O–H groups in total. The third kappa shape index (κ3) is 2.54. The minimum absolute atomic E-state index is 0.0825. The number of rotatable bonds is 2. The van der Waals surface area contributed by atoms with Gasteiger partial charge in [-0.1, -0.05) is 97.1 Å². The highest BCUT2D eigenvalue weighted by atomic mass is 16.6. The van der Waals surface area contributed by atoms with Gasteiger partial charge in [-0.3, -0.25) is 0 Å². The van der Waals surface area contributed by atoms with E-state index >= 15 is 0 Å². The molecule has 0 spiro atoms. The van der Waals surface area contributed by atoms with Crippen LogP contribution in [0, 0.1) is 0 Å². The van der Waals surface area contributed by atoms with E-state index in [4.69, 9.17) is 4.74 Å². The maximum atomic E-state index is 6.40. The Hall–Kier alpha value is -3.68. The van der Waals surface area contributed by atoms with Crippen LogP contribution in [0.25, 0.3) is 43.1 Å². The molecule has 0 aliphatic carbocycles. The second-order valence-electron chi connectivity index (χ2n) is 8.44. The van der Waals surface area contributed by atoms with Crippen LogP contribution in [0.1, 0.15) is 23.3 Å². The molecule has 146 valence electrons. The standard InChI is InChI=1S/C30H20O/c1-3-11-21-19(9-1)17-27(25-15-7-5-13-23(21)25)29-30(31-29)28-18-20-10-2-4-12-22(20)24-14-6-8-16-26(24)28/h1-18,29-30H/t29-,30-/m0/s1. The van der Waals surface area contributed by atoms with Crippen molar-refractivity contribution < 1.29 is 4.74 Å². The summed E-state index contributed by atoms with van der Waals surface area (Å²) < 4.78 is 6.40. The molecule has 1 aliphatic rings. The van der Waals surface area contributed by atoms with Gasteiger partial charge < -0.3 is 4.74 Å². The lowest BCUT2D eigenvalue weighted by Gasteiger charge is -2.11. The summed E-state index contributed by atoms with van der Waals surface area (Å²) in [5.41, 5.74) is 2.58. The van der Waals surface area contributed by atoms with Crippen molar-refractivity contribution in [1.82, 2.24) is 0 Å². The molecule has 0 radical (unpaired) electrons. The number of hydrogen-bond acceptors (Lipinski definition) is 1. The highest BCUT2D eigenvalue weighted by Gasteiger charge is 2.43. The molecular formula is C30H20O. The predicted molar refractivity (Wildman–Crippen MR) is 129 cm³/mol. The molecule has 2 atom stereocenters. The second-order valence-corrected chi connectivity index (χ2v) is 8.44. The Morgan fingerprint density at radius 3 is 1.19 bits per heavy atom. The molecule has 0 saturated carbocycles. The van der Waals surface area contributed by atoms with Crippen molar-refractivity contribution in [3.05, 3.63) is 120 Å². The van der Waals surface area contributed by atoms with Gasteiger partial charge in [0.15, 0.2) is 0 Å². The molecule has 0 amide bonds. The first kappa shape index (κ1) is 17.0. The van der Waals surface area contributed by atoms with Crippen molar-refractivity contribution in [2.75, 3.05) is 0 Å². The van der Waals surface area contributed by atoms with E-state index in [1.165, 1.54) is 54.2 Å². The van der Waals surface area contributed by atoms with Gasteiger partial charge in [0.1, 0.15) is 12.2 Å². The average molecular weight is 396 g/mol. The van der Waals surface area contributed by atoms with Gasteiger partial charge in [-0.15, -0.1) is 0 Å². The van der Waals surface area contributed by atoms with E-state index in [-0.39, 0.29) is 12.2 Å². The fraction of sp³-hybridized carbons (Fsp3) is 0.0667. The third-order valence-corrected chi connectivity index (χ3v) is 6.70. The maximum Gasteiger partial charge on any atom is 0.114 e. The summed E-state index contributed by atoms with van der Waals surface area (Å²) in [6, 6.07) is 39.4. The van der Waals surface area contributed by atoms with E-state index in [9.17, 15) is 0 Å². The zero-order chi connectivity index (χ0) is 20.4. The Labute approximate surface area is 180 Å². The largest absolute Gasteiger partial charge is 0.359 e. The number of ether oxygens (including phenoxy) is 1. The molecular weight excluding hydrogens is 376 g/mol. The van der Waals surface area contributed by atoms with E-state index in [0.29, 0.717) is 0 Å². The molecule has 1 nitrogen and oxygen atoms in total. The normalized spacial score (nSPS) is 18.2. The minimum atomic E-state index is 0.0825. The first-order chi connectivity index (χ1) is 15.4. The predicted octanol–water partition coefficient (Wildman–Crippen LogP) is 8.11. The topological polar surface area (TPSA) is 12.5 Å². The van der Waals surface area contributed by atoms with Crippen LogP contribution in [-0.4, -0.2) is 0 Å². The summed E-state index contributed by atoms with van der Waals surface area (Å²) in [4.78, 5) is 0. The van der Waals surface area contributed by atoms with E-state index in [2.05, 4.69) is 109 Å². The van der Waals surface area contributed by atoms with Crippen LogP contribution in [0.2, 0.25) is 0 Å². The van der Waals surface area contributed by atoms with E-state index < -0.39 is 0 Å². The van der Waals surface area contributed by atoms with Gasteiger partial charge in [-0.05, 0) is 66.3 Å². The van der Waals surface area contributed by atoms with Crippen LogP contribution in [-0.2, 0) is 4.74 Å². The zero-order valence-corrected chi connectivity index (χ0v) is 17.0. The molecule has 1 heteroatoms. The van der Waals surface area contributed by atoms with E-state index in [1.54, 1.807) is 0 Å². The monoisotopic (exact) mass is 396 g/mol. The molecule has 1 saturated heterocycles. The highest BCUT2D eigenvalue weighted by Crippen LogP contribution is 2.55. The van der Waals surface area contributed by atoms with Crippen molar-refractivity contribution in [3.63, 3.8) is 0 Å². The molecule has 31 heavy (non-hydrogen) atoms. The summed E-state index contributed by atoms with van der Waals surface area (Å²) in [5, 5.41) is 10.3. The van der Waals surface area contributed by atoms with Gasteiger partial charge in [0, 0.05) is 0 Å². The quantitative estimate of drug-likeness (QED) is 0.213. The highest BCUT2D eigenvalue weighted by molar-refractivity contribution is 6.10. The molecule has 7 rings (SSSR count). The maximum absolute atomic E-state index is 6.40. The summed E-state index contributed by atoms with van der Waals surface area (Å²) in [5.74, 6) is 0. The molecule has 0 bridgehead atoms. The summed E-state index contributed by atoms with van der Waals surface area (Å²) in [7, 11) is 0. The fourth-order valence-corrected chi connectivity index (χ4v) is 5.22. The molecule has 6 aromatic carbocycles. The fourth-order valence-electron chi connectivity index (χ4n) is 5.22. The molecule has 6 aromatic rings. The minimum Gasteiger partial charge on any atom is -0.359 e. The van der Waals surface area contributed by atoms with Gasteiger partial charge >= 0.3 is 0 Å². The first-order valence-corrected chi connectivity index (χ1v) is 10.8. The first-order valence-electron chi connectivity index (χ1n) is 10.8. The Balaban J connectivity index is 1.44. The Morgan fingerprint density at radius 2 is 0.742 bits per heavy atom. The van der Waals surface area contributed by atoms with Crippen molar-refractivity contribution in [2.24, 2.45) is 0 Å². The van der Waals surface area contributed by atoms with Crippen LogP contribution in [0.5, 0.6) is 0 Å². The third-order valence-electron chi connectivity index (χ3n) is 6.70. The smallest absolute Gasteiger partial charge is 0.114 e. The van der Waals surface area contributed by atoms with Crippen LogP contribution in [0.4, 0.5) is 0 Å². The lowest BCUT2D eigenvalue weighted by atomic mass is 9.91. The second kappa shape index (κ2) is 6.41. The molecule has 1 fully saturated rings. The van der Waals surface area contributed by atoms with Crippen LogP contribution in [0.15, 0.2) is 109 Å². The molecule has 0 unspecified atom stereocenters. The van der Waals surface area contributed by atoms with E-state index in [1.807, 2.05) is 0 Å². The Kier molecular flexibility index (Phi) is 3.52. The van der Waals surface area contributed by atoms with Crippen LogP contribution in [0.3, 0.4) is 0 Å². The number of fused-ring (bicyclic) bond motifs is 6. The van der Waals surface area contributed by atoms with E-state index in [0.717, 1.165) is 0 Å². The van der Waals surface area contributed by atoms with Gasteiger partial charge in [-0.2, -0.15) is 0 Å². The van der Waals surface area contributed by atoms with Crippen molar-refractivity contribution in [2.45, 2.75) is 12.2 Å². The average Bonchev–Trinajstić information content (AvgIpc) is 3.64. The van der Waals surface area contributed by atoms with Crippen LogP contribution >= 0.6 is 0 Å². The Bertz CT molecular complexity index is 1510. The lowest BCUT2D eigenvalue weighted by molar-refractivity contribution is 0.379. The number of epoxide rings is 1. The van der Waals surface area contributed by atoms with Crippen molar-refractivity contribution in [1.29, 1.82) is 0 Å². The number of hydrogen-bond donors (Lipinski definition) is 0. The van der Waals surface area contributed by atoms with Gasteiger partial charge in [-0.25, -0.2) is 0 Å². The Morgan fingerprint density at radius 1 is 0.387 bits per heavy atom. The number of benzene rings is 6. The molecule has 0 aromatic heterocycles. The summed E-state index contributed by atoms with van der Waals surface area (Å²) >= 11 is 0. The molecule has 1 heterocycles. The zero-order valence-electron chi connectivity index (χ0n) is 17.0.